The van der Waals surface area contributed by atoms with E-state index in [-0.39, 0.29) is 0 Å². The summed E-state index contributed by atoms with van der Waals surface area (Å²) in [4.78, 5) is 7.34. The Labute approximate surface area is 127 Å². The van der Waals surface area contributed by atoms with Crippen molar-refractivity contribution in [2.75, 3.05) is 0 Å². The van der Waals surface area contributed by atoms with Gasteiger partial charge in [0, 0.05) is 28.9 Å². The molecule has 0 aliphatic heterocycles. The van der Waals surface area contributed by atoms with Crippen LogP contribution in [0.3, 0.4) is 0 Å². The molecule has 0 aliphatic rings. The molecule has 6 N–H and O–H groups in total. The highest BCUT2D eigenvalue weighted by molar-refractivity contribution is 5.98. The van der Waals surface area contributed by atoms with Gasteiger partial charge >= 0.3 is 0 Å². The van der Waals surface area contributed by atoms with Gasteiger partial charge in [-0.05, 0) is 24.3 Å². The smallest absolute Gasteiger partial charge is 0.166 e. The van der Waals surface area contributed by atoms with Gasteiger partial charge in [0.1, 0.15) is 5.65 Å². The van der Waals surface area contributed by atoms with Crippen LogP contribution in [0.15, 0.2) is 53.9 Å². The van der Waals surface area contributed by atoms with Crippen LogP contribution >= 0.6 is 0 Å². The molecule has 6 nitrogen and oxygen atoms in total. The van der Waals surface area contributed by atoms with Gasteiger partial charge in [0.2, 0.25) is 0 Å². The lowest BCUT2D eigenvalue weighted by Crippen LogP contribution is -2.32. The van der Waals surface area contributed by atoms with E-state index < -0.39 is 0 Å². The molecule has 0 unspecified atom stereocenters. The van der Waals surface area contributed by atoms with Crippen LogP contribution in [0.4, 0.5) is 0 Å². The largest absolute Gasteiger partial charge is 0.345 e. The van der Waals surface area contributed by atoms with Crippen molar-refractivity contribution in [1.82, 2.24) is 15.4 Å². The van der Waals surface area contributed by atoms with Gasteiger partial charge in [0.25, 0.3) is 0 Å². The molecular weight excluding hydrogens is 276 g/mol. The number of amidine groups is 1. The van der Waals surface area contributed by atoms with Crippen LogP contribution in [0.2, 0.25) is 0 Å². The minimum absolute atomic E-state index is 0.403. The molecule has 108 valence electrons. The first-order valence-corrected chi connectivity index (χ1v) is 6.61. The van der Waals surface area contributed by atoms with Crippen molar-refractivity contribution in [3.05, 3.63) is 65.5 Å². The number of H-pyrrole nitrogens is 1. The summed E-state index contributed by atoms with van der Waals surface area (Å²) in [6, 6.07) is 11.4. The highest BCUT2D eigenvalue weighted by Gasteiger charge is 2.02. The number of hydrazone groups is 1. The Kier molecular flexibility index (Phi) is 3.72. The zero-order chi connectivity index (χ0) is 15.4. The average Bonchev–Trinajstić information content (AvgIpc) is 2.98. The number of nitrogens with one attached hydrogen (secondary N) is 2. The number of hydrogen-bond donors (Lipinski definition) is 4. The Morgan fingerprint density at radius 1 is 1.23 bits per heavy atom. The third kappa shape index (κ3) is 2.61. The van der Waals surface area contributed by atoms with Crippen molar-refractivity contribution in [3.63, 3.8) is 0 Å². The van der Waals surface area contributed by atoms with Gasteiger partial charge in [-0.2, -0.15) is 5.10 Å². The average molecular weight is 290 g/mol. The number of benzene rings is 1. The summed E-state index contributed by atoms with van der Waals surface area (Å²) in [6.07, 6.45) is 3.59. The maximum Gasteiger partial charge on any atom is 0.166 e. The van der Waals surface area contributed by atoms with E-state index in [2.05, 4.69) is 32.3 Å². The van der Waals surface area contributed by atoms with Gasteiger partial charge in [-0.3, -0.25) is 0 Å². The van der Waals surface area contributed by atoms with Crippen molar-refractivity contribution in [1.29, 1.82) is 0 Å². The minimum Gasteiger partial charge on any atom is -0.345 e. The molecule has 0 saturated carbocycles. The Bertz CT molecular complexity index is 897. The van der Waals surface area contributed by atoms with Crippen LogP contribution in [-0.2, 0) is 0 Å². The first kappa shape index (κ1) is 13.7. The second-order valence-corrected chi connectivity index (χ2v) is 4.55. The number of aromatic amines is 1. The third-order valence-electron chi connectivity index (χ3n) is 3.19. The van der Waals surface area contributed by atoms with Crippen LogP contribution in [-0.4, -0.2) is 15.8 Å². The molecule has 2 aromatic heterocycles. The highest BCUT2D eigenvalue weighted by Crippen LogP contribution is 2.14. The van der Waals surface area contributed by atoms with E-state index in [1.807, 2.05) is 42.6 Å². The molecule has 0 bridgehead atoms. The van der Waals surface area contributed by atoms with Crippen LogP contribution in [0.25, 0.3) is 11.0 Å². The normalized spacial score (nSPS) is 11.0. The van der Waals surface area contributed by atoms with Crippen molar-refractivity contribution >= 4 is 16.9 Å². The summed E-state index contributed by atoms with van der Waals surface area (Å²) in [5.74, 6) is 17.3. The summed E-state index contributed by atoms with van der Waals surface area (Å²) in [5.41, 5.74) is 5.79. The number of aromatic nitrogens is 2. The zero-order valence-electron chi connectivity index (χ0n) is 11.7. The van der Waals surface area contributed by atoms with Gasteiger partial charge in [-0.1, -0.05) is 24.0 Å². The summed E-state index contributed by atoms with van der Waals surface area (Å²) in [7, 11) is 0. The molecule has 0 radical (unpaired) electrons. The maximum absolute atomic E-state index is 5.37. The number of pyridine rings is 1. The standard InChI is InChI=1S/C16H14N6/c17-21-15(22-18)12-4-1-3-11(9-12)6-7-13-10-20-16-14(13)5-2-8-19-16/h1-5,8-10H,17-18H2,(H,19,20)(H,21,22). The van der Waals surface area contributed by atoms with E-state index in [0.29, 0.717) is 5.84 Å². The Balaban J connectivity index is 1.96. The van der Waals surface area contributed by atoms with Crippen molar-refractivity contribution in [3.8, 4) is 11.8 Å². The van der Waals surface area contributed by atoms with Crippen LogP contribution in [0, 0.1) is 11.8 Å². The quantitative estimate of drug-likeness (QED) is 0.177. The van der Waals surface area contributed by atoms with E-state index >= 15 is 0 Å². The van der Waals surface area contributed by atoms with Gasteiger partial charge in [0.05, 0.1) is 5.56 Å². The summed E-state index contributed by atoms with van der Waals surface area (Å²) in [6.45, 7) is 0. The van der Waals surface area contributed by atoms with Crippen molar-refractivity contribution in [2.24, 2.45) is 16.8 Å². The van der Waals surface area contributed by atoms with Gasteiger partial charge in [0.15, 0.2) is 5.84 Å². The molecule has 22 heavy (non-hydrogen) atoms. The predicted molar refractivity (Wildman–Crippen MR) is 86.6 cm³/mol. The molecule has 1 aromatic carbocycles. The van der Waals surface area contributed by atoms with E-state index in [1.54, 1.807) is 6.20 Å². The number of nitrogens with two attached hydrogens (primary N) is 2. The van der Waals surface area contributed by atoms with Crippen LogP contribution in [0.5, 0.6) is 0 Å². The molecule has 0 atom stereocenters. The molecule has 0 aliphatic carbocycles. The first-order chi connectivity index (χ1) is 10.8. The first-order valence-electron chi connectivity index (χ1n) is 6.61. The monoisotopic (exact) mass is 290 g/mol. The Morgan fingerprint density at radius 2 is 2.14 bits per heavy atom. The Hall–Kier alpha value is -3.30. The second kappa shape index (κ2) is 5.99. The fraction of sp³-hybridized carbons (Fsp3) is 0. The van der Waals surface area contributed by atoms with Crippen LogP contribution in [0.1, 0.15) is 16.7 Å². The van der Waals surface area contributed by atoms with Gasteiger partial charge < -0.3 is 16.3 Å². The molecule has 0 spiro atoms. The van der Waals surface area contributed by atoms with Crippen LogP contribution < -0.4 is 17.1 Å². The fourth-order valence-electron chi connectivity index (χ4n) is 2.14. The Morgan fingerprint density at radius 3 is 2.95 bits per heavy atom. The molecule has 6 heteroatoms. The van der Waals surface area contributed by atoms with E-state index in [0.717, 1.165) is 27.7 Å². The van der Waals surface area contributed by atoms with E-state index in [9.17, 15) is 0 Å². The minimum atomic E-state index is 0.403. The predicted octanol–water partition coefficient (Wildman–Crippen LogP) is 1.05. The molecule has 3 aromatic rings. The lowest BCUT2D eigenvalue weighted by molar-refractivity contribution is 1.00. The van der Waals surface area contributed by atoms with Crippen molar-refractivity contribution < 1.29 is 0 Å². The van der Waals surface area contributed by atoms with Gasteiger partial charge in [-0.25, -0.2) is 10.8 Å². The number of fused-ring (bicyclic) bond motifs is 1. The maximum atomic E-state index is 5.37. The zero-order valence-corrected chi connectivity index (χ0v) is 11.7. The molecule has 0 saturated heterocycles. The summed E-state index contributed by atoms with van der Waals surface area (Å²) in [5, 5.41) is 4.59. The second-order valence-electron chi connectivity index (χ2n) is 4.55. The molecule has 0 amide bonds. The van der Waals surface area contributed by atoms with E-state index in [4.69, 9.17) is 11.7 Å². The van der Waals surface area contributed by atoms with E-state index in [1.165, 1.54) is 0 Å². The summed E-state index contributed by atoms with van der Waals surface area (Å²) >= 11 is 0. The lowest BCUT2D eigenvalue weighted by atomic mass is 10.1. The molecule has 3 rings (SSSR count). The molecule has 2 heterocycles. The highest BCUT2D eigenvalue weighted by atomic mass is 15.3. The fourth-order valence-corrected chi connectivity index (χ4v) is 2.14. The number of nitrogens with zero attached hydrogens (tertiary/aromatic N) is 2. The van der Waals surface area contributed by atoms with Gasteiger partial charge in [-0.15, -0.1) is 0 Å². The van der Waals surface area contributed by atoms with Crippen molar-refractivity contribution in [2.45, 2.75) is 0 Å². The third-order valence-corrected chi connectivity index (χ3v) is 3.19. The summed E-state index contributed by atoms with van der Waals surface area (Å²) < 4.78 is 0. The number of rotatable bonds is 1. The number of hydrogen-bond acceptors (Lipinski definition) is 4. The number of hydrazine groups is 1. The topological polar surface area (TPSA) is 105 Å². The molecule has 0 fully saturated rings. The lowest BCUT2D eigenvalue weighted by Gasteiger charge is -2.03. The SMILES string of the molecule is N/N=C(\NN)c1cccc(C#Cc2c[nH]c3ncccc23)c1. The molecular formula is C16H14N6.